The normalized spacial score (nSPS) is 10.8. The summed E-state index contributed by atoms with van der Waals surface area (Å²) < 4.78 is 6.24. The number of hydrogen-bond acceptors (Lipinski definition) is 4. The standard InChI is InChI=1S/C16H16N2O3/c1-11-14(10-18(2)17-11)15(19)9-6-12-4-7-13(8-5-12)16(20)21-3/h4-10H,1-3H3/b9-6+. The first-order valence-electron chi connectivity index (χ1n) is 6.42. The number of carbonyl (C=O) groups excluding carboxylic acids is 2. The van der Waals surface area contributed by atoms with Crippen molar-refractivity contribution in [2.75, 3.05) is 7.11 Å². The number of hydrogen-bond donors (Lipinski definition) is 0. The molecule has 0 atom stereocenters. The summed E-state index contributed by atoms with van der Waals surface area (Å²) in [5, 5.41) is 4.14. The molecule has 2 aromatic rings. The number of rotatable bonds is 4. The monoisotopic (exact) mass is 284 g/mol. The van der Waals surface area contributed by atoms with Crippen LogP contribution in [0, 0.1) is 6.92 Å². The molecule has 0 spiro atoms. The van der Waals surface area contributed by atoms with Crippen molar-refractivity contribution in [3.05, 3.63) is 58.9 Å². The summed E-state index contributed by atoms with van der Waals surface area (Å²) in [6, 6.07) is 6.83. The van der Waals surface area contributed by atoms with Crippen LogP contribution >= 0.6 is 0 Å². The molecule has 2 rings (SSSR count). The highest BCUT2D eigenvalue weighted by atomic mass is 16.5. The van der Waals surface area contributed by atoms with Crippen molar-refractivity contribution < 1.29 is 14.3 Å². The third-order valence-electron chi connectivity index (χ3n) is 3.04. The fourth-order valence-electron chi connectivity index (χ4n) is 1.95. The van der Waals surface area contributed by atoms with Crippen LogP contribution in [0.25, 0.3) is 6.08 Å². The van der Waals surface area contributed by atoms with Crippen LogP contribution in [0.3, 0.4) is 0 Å². The van der Waals surface area contributed by atoms with Gasteiger partial charge in [-0.2, -0.15) is 5.10 Å². The van der Waals surface area contributed by atoms with E-state index in [-0.39, 0.29) is 11.8 Å². The molecule has 1 aromatic heterocycles. The Bertz CT molecular complexity index is 697. The molecule has 1 aromatic carbocycles. The van der Waals surface area contributed by atoms with E-state index in [1.807, 2.05) is 0 Å². The topological polar surface area (TPSA) is 61.2 Å². The first-order valence-corrected chi connectivity index (χ1v) is 6.42. The van der Waals surface area contributed by atoms with Crippen LogP contribution in [-0.4, -0.2) is 28.6 Å². The highest BCUT2D eigenvalue weighted by Crippen LogP contribution is 2.10. The van der Waals surface area contributed by atoms with Crippen LogP contribution in [0.1, 0.15) is 32.0 Å². The van der Waals surface area contributed by atoms with E-state index in [2.05, 4.69) is 9.84 Å². The fraction of sp³-hybridized carbons (Fsp3) is 0.188. The van der Waals surface area contributed by atoms with E-state index in [1.165, 1.54) is 13.2 Å². The Kier molecular flexibility index (Phi) is 4.33. The molecule has 5 heteroatoms. The van der Waals surface area contributed by atoms with Gasteiger partial charge in [0.1, 0.15) is 0 Å². The van der Waals surface area contributed by atoms with Gasteiger partial charge in [-0.25, -0.2) is 4.79 Å². The molecule has 0 aliphatic carbocycles. The van der Waals surface area contributed by atoms with Gasteiger partial charge < -0.3 is 4.74 Å². The van der Waals surface area contributed by atoms with Gasteiger partial charge in [-0.1, -0.05) is 18.2 Å². The number of methoxy groups -OCH3 is 1. The average Bonchev–Trinajstić information content (AvgIpc) is 2.83. The van der Waals surface area contributed by atoms with Crippen molar-refractivity contribution in [3.63, 3.8) is 0 Å². The van der Waals surface area contributed by atoms with Crippen molar-refractivity contribution in [3.8, 4) is 0 Å². The predicted octanol–water partition coefficient (Wildman–Crippen LogP) is 2.41. The molecule has 0 radical (unpaired) electrons. The van der Waals surface area contributed by atoms with Crippen LogP contribution in [-0.2, 0) is 11.8 Å². The summed E-state index contributed by atoms with van der Waals surface area (Å²) in [6.07, 6.45) is 4.90. The van der Waals surface area contributed by atoms with Crippen LogP contribution in [0.15, 0.2) is 36.5 Å². The van der Waals surface area contributed by atoms with Crippen LogP contribution in [0.5, 0.6) is 0 Å². The lowest BCUT2D eigenvalue weighted by molar-refractivity contribution is 0.0600. The lowest BCUT2D eigenvalue weighted by Crippen LogP contribution is -2.00. The number of carbonyl (C=O) groups is 2. The molecular weight excluding hydrogens is 268 g/mol. The zero-order valence-corrected chi connectivity index (χ0v) is 12.2. The zero-order chi connectivity index (χ0) is 15.4. The van der Waals surface area contributed by atoms with Gasteiger partial charge in [0, 0.05) is 13.2 Å². The molecule has 0 N–H and O–H groups in total. The number of allylic oxidation sites excluding steroid dienone is 1. The quantitative estimate of drug-likeness (QED) is 0.491. The van der Waals surface area contributed by atoms with E-state index in [0.29, 0.717) is 16.8 Å². The van der Waals surface area contributed by atoms with Crippen molar-refractivity contribution in [2.24, 2.45) is 7.05 Å². The van der Waals surface area contributed by atoms with Crippen molar-refractivity contribution in [1.82, 2.24) is 9.78 Å². The van der Waals surface area contributed by atoms with Crippen LogP contribution in [0.4, 0.5) is 0 Å². The smallest absolute Gasteiger partial charge is 0.337 e. The minimum Gasteiger partial charge on any atom is -0.465 e. The minimum absolute atomic E-state index is 0.0994. The molecule has 0 saturated heterocycles. The number of ketones is 1. The Morgan fingerprint density at radius 3 is 2.43 bits per heavy atom. The summed E-state index contributed by atoms with van der Waals surface area (Å²) in [6.45, 7) is 1.80. The maximum Gasteiger partial charge on any atom is 0.337 e. The second-order valence-electron chi connectivity index (χ2n) is 4.61. The van der Waals surface area contributed by atoms with E-state index in [9.17, 15) is 9.59 Å². The molecular formula is C16H16N2O3. The SMILES string of the molecule is COC(=O)c1ccc(/C=C/C(=O)c2cn(C)nc2C)cc1. The zero-order valence-electron chi connectivity index (χ0n) is 12.2. The van der Waals surface area contributed by atoms with Gasteiger partial charge in [-0.15, -0.1) is 0 Å². The Hall–Kier alpha value is -2.69. The fourth-order valence-corrected chi connectivity index (χ4v) is 1.95. The summed E-state index contributed by atoms with van der Waals surface area (Å²) in [5.74, 6) is -0.481. The largest absolute Gasteiger partial charge is 0.465 e. The third-order valence-corrected chi connectivity index (χ3v) is 3.04. The molecule has 0 amide bonds. The Morgan fingerprint density at radius 2 is 1.90 bits per heavy atom. The number of esters is 1. The number of aromatic nitrogens is 2. The molecule has 0 aliphatic rings. The average molecular weight is 284 g/mol. The van der Waals surface area contributed by atoms with Gasteiger partial charge in [0.2, 0.25) is 0 Å². The summed E-state index contributed by atoms with van der Waals surface area (Å²) in [5.41, 5.74) is 2.59. The highest BCUT2D eigenvalue weighted by molar-refractivity contribution is 6.07. The Balaban J connectivity index is 2.12. The van der Waals surface area contributed by atoms with E-state index >= 15 is 0 Å². The molecule has 0 saturated carbocycles. The maximum absolute atomic E-state index is 12.1. The molecule has 0 aliphatic heterocycles. The van der Waals surface area contributed by atoms with Gasteiger partial charge in [-0.05, 0) is 30.7 Å². The summed E-state index contributed by atoms with van der Waals surface area (Å²) >= 11 is 0. The van der Waals surface area contributed by atoms with E-state index in [1.54, 1.807) is 55.2 Å². The lowest BCUT2D eigenvalue weighted by atomic mass is 10.1. The molecule has 1 heterocycles. The predicted molar refractivity (Wildman–Crippen MR) is 79.1 cm³/mol. The van der Waals surface area contributed by atoms with E-state index < -0.39 is 0 Å². The van der Waals surface area contributed by atoms with Crippen LogP contribution in [0.2, 0.25) is 0 Å². The molecule has 21 heavy (non-hydrogen) atoms. The summed E-state index contributed by atoms with van der Waals surface area (Å²) in [7, 11) is 3.12. The van der Waals surface area contributed by atoms with Gasteiger partial charge >= 0.3 is 5.97 Å². The van der Waals surface area contributed by atoms with Gasteiger partial charge in [-0.3, -0.25) is 9.48 Å². The Morgan fingerprint density at radius 1 is 1.24 bits per heavy atom. The van der Waals surface area contributed by atoms with Crippen molar-refractivity contribution in [2.45, 2.75) is 6.92 Å². The number of benzene rings is 1. The Labute approximate surface area is 122 Å². The highest BCUT2D eigenvalue weighted by Gasteiger charge is 2.09. The number of nitrogens with zero attached hydrogens (tertiary/aromatic N) is 2. The second kappa shape index (κ2) is 6.17. The lowest BCUT2D eigenvalue weighted by Gasteiger charge is -1.99. The third kappa shape index (κ3) is 3.45. The van der Waals surface area contributed by atoms with E-state index in [0.717, 1.165) is 5.56 Å². The van der Waals surface area contributed by atoms with Gasteiger partial charge in [0.05, 0.1) is 23.9 Å². The van der Waals surface area contributed by atoms with E-state index in [4.69, 9.17) is 0 Å². The maximum atomic E-state index is 12.1. The first-order chi connectivity index (χ1) is 10.0. The molecule has 0 fully saturated rings. The molecule has 108 valence electrons. The number of aryl methyl sites for hydroxylation is 2. The summed E-state index contributed by atoms with van der Waals surface area (Å²) in [4.78, 5) is 23.4. The van der Waals surface area contributed by atoms with Crippen molar-refractivity contribution in [1.29, 1.82) is 0 Å². The molecule has 0 unspecified atom stereocenters. The van der Waals surface area contributed by atoms with Gasteiger partial charge in [0.15, 0.2) is 5.78 Å². The van der Waals surface area contributed by atoms with Crippen LogP contribution < -0.4 is 0 Å². The minimum atomic E-state index is -0.382. The van der Waals surface area contributed by atoms with Crippen molar-refractivity contribution >= 4 is 17.8 Å². The second-order valence-corrected chi connectivity index (χ2v) is 4.61. The molecule has 0 bridgehead atoms. The first kappa shape index (κ1) is 14.7. The van der Waals surface area contributed by atoms with Gasteiger partial charge in [0.25, 0.3) is 0 Å². The number of ether oxygens (including phenoxy) is 1. The molecule has 5 nitrogen and oxygen atoms in total.